The smallest absolute Gasteiger partial charge is 0.276 e. The Morgan fingerprint density at radius 3 is 2.88 bits per heavy atom. The first-order chi connectivity index (χ1) is 12.1. The second-order valence-electron chi connectivity index (χ2n) is 6.59. The van der Waals surface area contributed by atoms with E-state index in [9.17, 15) is 14.9 Å². The van der Waals surface area contributed by atoms with Crippen molar-refractivity contribution in [2.75, 3.05) is 5.32 Å². The molecule has 0 fully saturated rings. The standard InChI is InChI=1S/C18H19N3O3S/c1-2-10-7-8-12-14(9-10)25-18-15(12)17(22)19-16(20-18)11-5-3-4-6-13(11)21(23)24/h3-6,10,16,20H,2,7-9H2,1H3,(H,19,22). The molecule has 130 valence electrons. The second-order valence-corrected chi connectivity index (χ2v) is 7.70. The van der Waals surface area contributed by atoms with E-state index in [1.807, 2.05) is 0 Å². The SMILES string of the molecule is CCC1CCc2c(sc3c2C(=O)NC(c2ccccc2[N+](=O)[O-])N3)C1. The van der Waals surface area contributed by atoms with Crippen LogP contribution in [0.1, 0.15) is 52.3 Å². The normalized spacial score (nSPS) is 21.7. The van der Waals surface area contributed by atoms with Crippen molar-refractivity contribution in [3.05, 3.63) is 55.9 Å². The third-order valence-corrected chi connectivity index (χ3v) is 6.35. The zero-order valence-corrected chi connectivity index (χ0v) is 14.7. The Hall–Kier alpha value is -2.41. The highest BCUT2D eigenvalue weighted by Crippen LogP contribution is 2.43. The van der Waals surface area contributed by atoms with Gasteiger partial charge in [-0.05, 0) is 36.8 Å². The second kappa shape index (κ2) is 6.15. The molecule has 2 unspecified atom stereocenters. The molecule has 2 aliphatic rings. The number of nitro benzene ring substituents is 1. The largest absolute Gasteiger partial charge is 0.352 e. The average Bonchev–Trinajstić information content (AvgIpc) is 2.99. The number of hydrogen-bond acceptors (Lipinski definition) is 5. The van der Waals surface area contributed by atoms with Crippen LogP contribution in [0, 0.1) is 16.0 Å². The zero-order chi connectivity index (χ0) is 17.6. The lowest BCUT2D eigenvalue weighted by atomic mass is 9.85. The fraction of sp³-hybridized carbons (Fsp3) is 0.389. The third kappa shape index (κ3) is 2.68. The van der Waals surface area contributed by atoms with E-state index in [4.69, 9.17) is 0 Å². The molecule has 1 amide bonds. The summed E-state index contributed by atoms with van der Waals surface area (Å²) in [6, 6.07) is 6.52. The van der Waals surface area contributed by atoms with Crippen molar-refractivity contribution in [3.8, 4) is 0 Å². The lowest BCUT2D eigenvalue weighted by Gasteiger charge is -2.27. The van der Waals surface area contributed by atoms with Gasteiger partial charge >= 0.3 is 0 Å². The van der Waals surface area contributed by atoms with Crippen LogP contribution in [0.5, 0.6) is 0 Å². The van der Waals surface area contributed by atoms with Crippen molar-refractivity contribution in [2.45, 2.75) is 38.8 Å². The van der Waals surface area contributed by atoms with Crippen molar-refractivity contribution in [1.82, 2.24) is 5.32 Å². The molecule has 0 radical (unpaired) electrons. The first-order valence-electron chi connectivity index (χ1n) is 8.53. The van der Waals surface area contributed by atoms with Crippen LogP contribution >= 0.6 is 11.3 Å². The van der Waals surface area contributed by atoms with Crippen LogP contribution in [0.25, 0.3) is 0 Å². The number of para-hydroxylation sites is 1. The number of thiophene rings is 1. The maximum atomic E-state index is 12.7. The van der Waals surface area contributed by atoms with E-state index in [0.717, 1.165) is 41.8 Å². The van der Waals surface area contributed by atoms with E-state index in [1.165, 1.54) is 10.9 Å². The molecular formula is C18H19N3O3S. The summed E-state index contributed by atoms with van der Waals surface area (Å²) < 4.78 is 0. The number of fused-ring (bicyclic) bond motifs is 3. The lowest BCUT2D eigenvalue weighted by Crippen LogP contribution is -2.38. The van der Waals surface area contributed by atoms with Crippen LogP contribution in [0.3, 0.4) is 0 Å². The summed E-state index contributed by atoms with van der Waals surface area (Å²) in [6.07, 6.45) is 3.65. The fourth-order valence-corrected chi connectivity index (χ4v) is 5.16. The maximum absolute atomic E-state index is 12.7. The van der Waals surface area contributed by atoms with E-state index in [-0.39, 0.29) is 11.6 Å². The predicted octanol–water partition coefficient (Wildman–Crippen LogP) is 4.03. The molecule has 6 nitrogen and oxygen atoms in total. The number of carbonyl (C=O) groups is 1. The summed E-state index contributed by atoms with van der Waals surface area (Å²) in [5, 5.41) is 18.3. The van der Waals surface area contributed by atoms with Gasteiger partial charge in [0.2, 0.25) is 0 Å². The van der Waals surface area contributed by atoms with Gasteiger partial charge < -0.3 is 10.6 Å². The summed E-state index contributed by atoms with van der Waals surface area (Å²) in [7, 11) is 0. The number of nitrogens with zero attached hydrogens (tertiary/aromatic N) is 1. The van der Waals surface area contributed by atoms with Gasteiger partial charge in [0.1, 0.15) is 11.2 Å². The van der Waals surface area contributed by atoms with Gasteiger partial charge in [-0.25, -0.2) is 0 Å². The first-order valence-corrected chi connectivity index (χ1v) is 9.35. The molecule has 4 rings (SSSR count). The fourth-order valence-electron chi connectivity index (χ4n) is 3.77. The van der Waals surface area contributed by atoms with Gasteiger partial charge in [0.05, 0.1) is 16.1 Å². The van der Waals surface area contributed by atoms with Gasteiger partial charge in [-0.1, -0.05) is 25.5 Å². The summed E-state index contributed by atoms with van der Waals surface area (Å²) in [5.41, 5.74) is 2.39. The number of nitro groups is 1. The topological polar surface area (TPSA) is 84.3 Å². The van der Waals surface area contributed by atoms with Crippen LogP contribution in [0.15, 0.2) is 24.3 Å². The number of carbonyl (C=O) groups excluding carboxylic acids is 1. The molecular weight excluding hydrogens is 338 g/mol. The Morgan fingerprint density at radius 2 is 2.12 bits per heavy atom. The zero-order valence-electron chi connectivity index (χ0n) is 13.9. The van der Waals surface area contributed by atoms with Crippen molar-refractivity contribution in [3.63, 3.8) is 0 Å². The van der Waals surface area contributed by atoms with E-state index in [1.54, 1.807) is 29.5 Å². The number of hydrogen-bond donors (Lipinski definition) is 2. The summed E-state index contributed by atoms with van der Waals surface area (Å²) >= 11 is 1.63. The molecule has 2 N–H and O–H groups in total. The van der Waals surface area contributed by atoms with Crippen LogP contribution in [-0.2, 0) is 12.8 Å². The van der Waals surface area contributed by atoms with E-state index in [2.05, 4.69) is 17.6 Å². The van der Waals surface area contributed by atoms with Gasteiger partial charge in [0.25, 0.3) is 11.6 Å². The maximum Gasteiger partial charge on any atom is 0.276 e. The molecule has 1 aromatic carbocycles. The quantitative estimate of drug-likeness (QED) is 0.642. The molecule has 2 aromatic rings. The number of rotatable bonds is 3. The number of nitrogens with one attached hydrogen (secondary N) is 2. The minimum absolute atomic E-state index is 0.0103. The van der Waals surface area contributed by atoms with Crippen molar-refractivity contribution in [2.24, 2.45) is 5.92 Å². The molecule has 7 heteroatoms. The van der Waals surface area contributed by atoms with Crippen molar-refractivity contribution < 1.29 is 9.72 Å². The minimum Gasteiger partial charge on any atom is -0.352 e. The Labute approximate surface area is 149 Å². The van der Waals surface area contributed by atoms with Gasteiger partial charge in [0.15, 0.2) is 0 Å². The highest BCUT2D eigenvalue weighted by molar-refractivity contribution is 7.16. The van der Waals surface area contributed by atoms with Gasteiger partial charge in [-0.15, -0.1) is 11.3 Å². The molecule has 0 saturated carbocycles. The van der Waals surface area contributed by atoms with Crippen LogP contribution in [-0.4, -0.2) is 10.8 Å². The third-order valence-electron chi connectivity index (χ3n) is 5.17. The van der Waals surface area contributed by atoms with E-state index in [0.29, 0.717) is 11.5 Å². The van der Waals surface area contributed by atoms with Gasteiger partial charge in [-0.3, -0.25) is 14.9 Å². The molecule has 25 heavy (non-hydrogen) atoms. The van der Waals surface area contributed by atoms with E-state index < -0.39 is 11.1 Å². The van der Waals surface area contributed by atoms with E-state index >= 15 is 0 Å². The summed E-state index contributed by atoms with van der Waals surface area (Å²) in [4.78, 5) is 24.9. The molecule has 1 aliphatic carbocycles. The Bertz CT molecular complexity index is 861. The molecule has 0 saturated heterocycles. The van der Waals surface area contributed by atoms with Gasteiger partial charge in [0, 0.05) is 10.9 Å². The molecule has 1 aromatic heterocycles. The van der Waals surface area contributed by atoms with Crippen LogP contribution in [0.2, 0.25) is 0 Å². The number of amides is 1. The highest BCUT2D eigenvalue weighted by Gasteiger charge is 2.35. The number of anilines is 1. The summed E-state index contributed by atoms with van der Waals surface area (Å²) in [6.45, 7) is 2.21. The van der Waals surface area contributed by atoms with Crippen molar-refractivity contribution >= 4 is 27.9 Å². The Morgan fingerprint density at radius 1 is 1.32 bits per heavy atom. The molecule has 2 atom stereocenters. The Balaban J connectivity index is 1.70. The van der Waals surface area contributed by atoms with Crippen LogP contribution < -0.4 is 10.6 Å². The first kappa shape index (κ1) is 16.1. The highest BCUT2D eigenvalue weighted by atomic mass is 32.1. The molecule has 2 heterocycles. The molecule has 0 bridgehead atoms. The molecule has 0 spiro atoms. The lowest BCUT2D eigenvalue weighted by molar-refractivity contribution is -0.385. The monoisotopic (exact) mass is 357 g/mol. The Kier molecular flexibility index (Phi) is 3.95. The predicted molar refractivity (Wildman–Crippen MR) is 97.1 cm³/mol. The number of benzene rings is 1. The minimum atomic E-state index is -0.580. The average molecular weight is 357 g/mol. The van der Waals surface area contributed by atoms with Crippen LogP contribution in [0.4, 0.5) is 10.7 Å². The molecule has 1 aliphatic heterocycles. The van der Waals surface area contributed by atoms with Crippen molar-refractivity contribution in [1.29, 1.82) is 0 Å². The van der Waals surface area contributed by atoms with Gasteiger partial charge in [-0.2, -0.15) is 0 Å². The summed E-state index contributed by atoms with van der Waals surface area (Å²) in [5.74, 6) is 0.547.